The normalized spacial score (nSPS) is 13.3. The molecule has 1 unspecified atom stereocenters. The van der Waals surface area contributed by atoms with Crippen LogP contribution in [0.25, 0.3) is 0 Å². The van der Waals surface area contributed by atoms with Crippen LogP contribution in [0.1, 0.15) is 18.1 Å². The summed E-state index contributed by atoms with van der Waals surface area (Å²) >= 11 is 1.76. The standard InChI is InChI=1S/C8H13NOS/c1-11-5-3-8(10)7-2-4-9-6-7/h2,4,6,8-10H,3,5H2,1H3. The van der Waals surface area contributed by atoms with Gasteiger partial charge in [-0.2, -0.15) is 11.8 Å². The van der Waals surface area contributed by atoms with Gasteiger partial charge in [-0.15, -0.1) is 0 Å². The smallest absolute Gasteiger partial charge is 0.0812 e. The number of aromatic nitrogens is 1. The van der Waals surface area contributed by atoms with Crippen molar-refractivity contribution in [3.63, 3.8) is 0 Å². The fourth-order valence-corrected chi connectivity index (χ4v) is 1.40. The summed E-state index contributed by atoms with van der Waals surface area (Å²) in [4.78, 5) is 2.92. The molecule has 2 N–H and O–H groups in total. The van der Waals surface area contributed by atoms with Gasteiger partial charge in [-0.05, 0) is 30.1 Å². The molecule has 3 heteroatoms. The molecule has 62 valence electrons. The number of aromatic amines is 1. The number of thioether (sulfide) groups is 1. The van der Waals surface area contributed by atoms with Crippen molar-refractivity contribution in [2.24, 2.45) is 0 Å². The summed E-state index contributed by atoms with van der Waals surface area (Å²) in [6, 6.07) is 1.91. The number of nitrogens with one attached hydrogen (secondary N) is 1. The number of hydrogen-bond donors (Lipinski definition) is 2. The van der Waals surface area contributed by atoms with Crippen molar-refractivity contribution in [1.82, 2.24) is 4.98 Å². The van der Waals surface area contributed by atoms with E-state index in [0.29, 0.717) is 0 Å². The van der Waals surface area contributed by atoms with E-state index < -0.39 is 0 Å². The summed E-state index contributed by atoms with van der Waals surface area (Å²) in [5, 5.41) is 9.51. The lowest BCUT2D eigenvalue weighted by Gasteiger charge is -2.05. The molecule has 0 saturated heterocycles. The van der Waals surface area contributed by atoms with Crippen molar-refractivity contribution >= 4 is 11.8 Å². The number of aliphatic hydroxyl groups is 1. The third-order valence-corrected chi connectivity index (χ3v) is 2.25. The summed E-state index contributed by atoms with van der Waals surface area (Å²) in [5.74, 6) is 1.01. The Labute approximate surface area is 71.0 Å². The van der Waals surface area contributed by atoms with Gasteiger partial charge >= 0.3 is 0 Å². The second kappa shape index (κ2) is 4.46. The Balaban J connectivity index is 2.36. The Kier molecular flexibility index (Phi) is 3.52. The van der Waals surface area contributed by atoms with Crippen molar-refractivity contribution in [2.45, 2.75) is 12.5 Å². The Morgan fingerprint density at radius 2 is 2.55 bits per heavy atom. The van der Waals surface area contributed by atoms with Crippen molar-refractivity contribution in [3.8, 4) is 0 Å². The Morgan fingerprint density at radius 3 is 3.09 bits per heavy atom. The Hall–Kier alpha value is -0.410. The van der Waals surface area contributed by atoms with Gasteiger partial charge in [-0.25, -0.2) is 0 Å². The van der Waals surface area contributed by atoms with Crippen molar-refractivity contribution < 1.29 is 5.11 Å². The van der Waals surface area contributed by atoms with Gasteiger partial charge in [0.2, 0.25) is 0 Å². The van der Waals surface area contributed by atoms with Crippen LogP contribution in [0, 0.1) is 0 Å². The second-order valence-electron chi connectivity index (χ2n) is 2.44. The lowest BCUT2D eigenvalue weighted by Crippen LogP contribution is -1.96. The molecule has 2 nitrogen and oxygen atoms in total. The molecule has 0 aromatic carbocycles. The highest BCUT2D eigenvalue weighted by Gasteiger charge is 2.05. The summed E-state index contributed by atoms with van der Waals surface area (Å²) < 4.78 is 0. The van der Waals surface area contributed by atoms with E-state index in [1.807, 2.05) is 24.7 Å². The van der Waals surface area contributed by atoms with Gasteiger partial charge in [0.25, 0.3) is 0 Å². The van der Waals surface area contributed by atoms with E-state index in [-0.39, 0.29) is 6.10 Å². The third kappa shape index (κ3) is 2.60. The molecule has 0 amide bonds. The highest BCUT2D eigenvalue weighted by Crippen LogP contribution is 2.16. The molecule has 0 aliphatic heterocycles. The SMILES string of the molecule is CSCCC(O)c1cc[nH]c1. The average molecular weight is 171 g/mol. The molecule has 0 spiro atoms. The largest absolute Gasteiger partial charge is 0.388 e. The molecule has 1 aromatic rings. The van der Waals surface area contributed by atoms with Crippen molar-refractivity contribution in [2.75, 3.05) is 12.0 Å². The van der Waals surface area contributed by atoms with Crippen molar-refractivity contribution in [1.29, 1.82) is 0 Å². The minimum absolute atomic E-state index is 0.298. The molecule has 1 heterocycles. The van der Waals surface area contributed by atoms with E-state index >= 15 is 0 Å². The van der Waals surface area contributed by atoms with E-state index in [1.165, 1.54) is 0 Å². The van der Waals surface area contributed by atoms with Gasteiger partial charge in [0, 0.05) is 12.4 Å². The first kappa shape index (κ1) is 8.68. The summed E-state index contributed by atoms with van der Waals surface area (Å²) in [6.45, 7) is 0. The van der Waals surface area contributed by atoms with E-state index in [2.05, 4.69) is 4.98 Å². The number of H-pyrrole nitrogens is 1. The highest BCUT2D eigenvalue weighted by molar-refractivity contribution is 7.98. The van der Waals surface area contributed by atoms with Gasteiger partial charge < -0.3 is 10.1 Å². The summed E-state index contributed by atoms with van der Waals surface area (Å²) in [5.41, 5.74) is 0.985. The van der Waals surface area contributed by atoms with Gasteiger partial charge in [-0.3, -0.25) is 0 Å². The van der Waals surface area contributed by atoms with Crippen LogP contribution in [-0.4, -0.2) is 22.1 Å². The molecule has 1 atom stereocenters. The minimum atomic E-state index is -0.298. The zero-order chi connectivity index (χ0) is 8.10. The van der Waals surface area contributed by atoms with Crippen LogP contribution in [0.2, 0.25) is 0 Å². The van der Waals surface area contributed by atoms with E-state index in [1.54, 1.807) is 11.8 Å². The lowest BCUT2D eigenvalue weighted by molar-refractivity contribution is 0.175. The summed E-state index contributed by atoms with van der Waals surface area (Å²) in [6.07, 6.45) is 6.25. The van der Waals surface area contributed by atoms with Crippen LogP contribution < -0.4 is 0 Å². The molecule has 0 fully saturated rings. The van der Waals surface area contributed by atoms with Crippen LogP contribution >= 0.6 is 11.8 Å². The molecule has 0 saturated carbocycles. The zero-order valence-corrected chi connectivity index (χ0v) is 7.40. The number of aliphatic hydroxyl groups excluding tert-OH is 1. The highest BCUT2D eigenvalue weighted by atomic mass is 32.2. The first-order chi connectivity index (χ1) is 5.34. The molecule has 0 radical (unpaired) electrons. The fraction of sp³-hybridized carbons (Fsp3) is 0.500. The molecule has 1 rings (SSSR count). The van der Waals surface area contributed by atoms with Crippen LogP contribution in [0.15, 0.2) is 18.5 Å². The maximum Gasteiger partial charge on any atom is 0.0812 e. The molecular weight excluding hydrogens is 158 g/mol. The predicted octanol–water partition coefficient (Wildman–Crippen LogP) is 1.80. The molecule has 11 heavy (non-hydrogen) atoms. The first-order valence-electron chi connectivity index (χ1n) is 3.64. The molecule has 0 aliphatic rings. The van der Waals surface area contributed by atoms with E-state index in [4.69, 9.17) is 0 Å². The Bertz CT molecular complexity index is 186. The fourth-order valence-electron chi connectivity index (χ4n) is 0.940. The third-order valence-electron chi connectivity index (χ3n) is 1.60. The molecule has 0 bridgehead atoms. The second-order valence-corrected chi connectivity index (χ2v) is 3.43. The van der Waals surface area contributed by atoms with E-state index in [9.17, 15) is 5.11 Å². The Morgan fingerprint density at radius 1 is 1.73 bits per heavy atom. The van der Waals surface area contributed by atoms with Crippen LogP contribution in [0.5, 0.6) is 0 Å². The number of rotatable bonds is 4. The minimum Gasteiger partial charge on any atom is -0.388 e. The van der Waals surface area contributed by atoms with Crippen LogP contribution in [0.4, 0.5) is 0 Å². The molecule has 0 aliphatic carbocycles. The maximum absolute atomic E-state index is 9.51. The van der Waals surface area contributed by atoms with Gasteiger partial charge in [0.1, 0.15) is 0 Å². The summed E-state index contributed by atoms with van der Waals surface area (Å²) in [7, 11) is 0. The van der Waals surface area contributed by atoms with Gasteiger partial charge in [-0.1, -0.05) is 0 Å². The van der Waals surface area contributed by atoms with Crippen LogP contribution in [0.3, 0.4) is 0 Å². The van der Waals surface area contributed by atoms with Gasteiger partial charge in [0.15, 0.2) is 0 Å². The molecular formula is C8H13NOS. The van der Waals surface area contributed by atoms with Gasteiger partial charge in [0.05, 0.1) is 6.10 Å². The monoisotopic (exact) mass is 171 g/mol. The lowest BCUT2D eigenvalue weighted by atomic mass is 10.1. The maximum atomic E-state index is 9.51. The quantitative estimate of drug-likeness (QED) is 0.724. The number of hydrogen-bond acceptors (Lipinski definition) is 2. The first-order valence-corrected chi connectivity index (χ1v) is 5.03. The predicted molar refractivity (Wildman–Crippen MR) is 48.8 cm³/mol. The topological polar surface area (TPSA) is 36.0 Å². The van der Waals surface area contributed by atoms with Crippen molar-refractivity contribution in [3.05, 3.63) is 24.0 Å². The zero-order valence-electron chi connectivity index (χ0n) is 6.58. The van der Waals surface area contributed by atoms with Crippen LogP contribution in [-0.2, 0) is 0 Å². The van der Waals surface area contributed by atoms with E-state index in [0.717, 1.165) is 17.7 Å². The average Bonchev–Trinajstić information content (AvgIpc) is 2.52. The molecule has 1 aromatic heterocycles.